The van der Waals surface area contributed by atoms with Crippen LogP contribution in [0.4, 0.5) is 10.1 Å². The molecule has 1 unspecified atom stereocenters. The van der Waals surface area contributed by atoms with Crippen LogP contribution in [0.2, 0.25) is 0 Å². The Morgan fingerprint density at radius 2 is 1.50 bits per heavy atom. The maximum Gasteiger partial charge on any atom is 0.257 e. The first-order chi connectivity index (χ1) is 14.4. The fourth-order valence-electron chi connectivity index (χ4n) is 3.54. The van der Waals surface area contributed by atoms with Crippen molar-refractivity contribution >= 4 is 17.5 Å². The Kier molecular flexibility index (Phi) is 6.62. The van der Waals surface area contributed by atoms with Crippen molar-refractivity contribution in [1.82, 2.24) is 4.90 Å². The number of rotatable bonds is 6. The van der Waals surface area contributed by atoms with Gasteiger partial charge < -0.3 is 10.2 Å². The zero-order valence-corrected chi connectivity index (χ0v) is 17.4. The van der Waals surface area contributed by atoms with E-state index in [9.17, 15) is 14.0 Å². The maximum atomic E-state index is 14.3. The number of carbonyl (C=O) groups is 2. The second kappa shape index (κ2) is 9.35. The SMILES string of the molecule is CCN(C(=O)c1ccccc1F)C(C(=O)Nc1c(C)cccc1C)c1ccccc1. The van der Waals surface area contributed by atoms with Crippen LogP contribution in [-0.2, 0) is 4.79 Å². The lowest BCUT2D eigenvalue weighted by molar-refractivity contribution is -0.120. The van der Waals surface area contributed by atoms with Crippen LogP contribution >= 0.6 is 0 Å². The molecule has 30 heavy (non-hydrogen) atoms. The van der Waals surface area contributed by atoms with E-state index >= 15 is 0 Å². The predicted octanol–water partition coefficient (Wildman–Crippen LogP) is 5.28. The van der Waals surface area contributed by atoms with Crippen LogP contribution in [-0.4, -0.2) is 23.3 Å². The van der Waals surface area contributed by atoms with Crippen molar-refractivity contribution in [3.05, 3.63) is 101 Å². The topological polar surface area (TPSA) is 49.4 Å². The number of hydrogen-bond donors (Lipinski definition) is 1. The molecule has 0 heterocycles. The summed E-state index contributed by atoms with van der Waals surface area (Å²) in [5, 5.41) is 2.99. The molecule has 0 bridgehead atoms. The summed E-state index contributed by atoms with van der Waals surface area (Å²) in [6.07, 6.45) is 0. The Morgan fingerprint density at radius 1 is 0.900 bits per heavy atom. The number of nitrogens with one attached hydrogen (secondary N) is 1. The molecule has 3 aromatic carbocycles. The minimum absolute atomic E-state index is 0.0554. The van der Waals surface area contributed by atoms with Crippen LogP contribution < -0.4 is 5.32 Å². The second-order valence-corrected chi connectivity index (χ2v) is 7.14. The van der Waals surface area contributed by atoms with Crippen molar-refractivity contribution in [3.8, 4) is 0 Å². The van der Waals surface area contributed by atoms with E-state index in [0.717, 1.165) is 16.8 Å². The van der Waals surface area contributed by atoms with Gasteiger partial charge in [0.25, 0.3) is 11.8 Å². The van der Waals surface area contributed by atoms with Crippen molar-refractivity contribution in [3.63, 3.8) is 0 Å². The van der Waals surface area contributed by atoms with Gasteiger partial charge in [0.15, 0.2) is 0 Å². The number of carbonyl (C=O) groups excluding carboxylic acids is 2. The molecule has 0 aliphatic carbocycles. The van der Waals surface area contributed by atoms with Crippen molar-refractivity contribution in [2.75, 3.05) is 11.9 Å². The third-order valence-corrected chi connectivity index (χ3v) is 5.11. The zero-order valence-electron chi connectivity index (χ0n) is 17.4. The predicted molar refractivity (Wildman–Crippen MR) is 117 cm³/mol. The molecule has 0 spiro atoms. The molecule has 0 aliphatic rings. The number of nitrogens with zero attached hydrogens (tertiary/aromatic N) is 1. The quantitative estimate of drug-likeness (QED) is 0.607. The molecule has 1 atom stereocenters. The number of halogens is 1. The average molecular weight is 404 g/mol. The second-order valence-electron chi connectivity index (χ2n) is 7.14. The molecule has 0 fully saturated rings. The smallest absolute Gasteiger partial charge is 0.257 e. The lowest BCUT2D eigenvalue weighted by Crippen LogP contribution is -2.41. The number of likely N-dealkylation sites (N-methyl/N-ethyl adjacent to an activating group) is 1. The number of anilines is 1. The van der Waals surface area contributed by atoms with E-state index in [2.05, 4.69) is 5.32 Å². The van der Waals surface area contributed by atoms with E-state index in [0.29, 0.717) is 5.56 Å². The van der Waals surface area contributed by atoms with E-state index in [-0.39, 0.29) is 18.0 Å². The molecule has 3 aromatic rings. The molecule has 2 amide bonds. The Labute approximate surface area is 176 Å². The Balaban J connectivity index is 2.03. The van der Waals surface area contributed by atoms with Crippen LogP contribution in [0.1, 0.15) is 40.0 Å². The Hall–Kier alpha value is -3.47. The summed E-state index contributed by atoms with van der Waals surface area (Å²) in [6.45, 7) is 5.86. The number of hydrogen-bond acceptors (Lipinski definition) is 2. The van der Waals surface area contributed by atoms with Gasteiger partial charge in [0.1, 0.15) is 11.9 Å². The molecule has 5 heteroatoms. The van der Waals surface area contributed by atoms with Crippen LogP contribution in [0.5, 0.6) is 0 Å². The standard InChI is InChI=1S/C25H25FN2O2/c1-4-28(25(30)20-15-8-9-16-21(20)26)23(19-13-6-5-7-14-19)24(29)27-22-17(2)11-10-12-18(22)3/h5-16,23H,4H2,1-3H3,(H,27,29). The molecular formula is C25H25FN2O2. The molecular weight excluding hydrogens is 379 g/mol. The van der Waals surface area contributed by atoms with E-state index in [4.69, 9.17) is 0 Å². The fraction of sp³-hybridized carbons (Fsp3) is 0.200. The molecule has 0 radical (unpaired) electrons. The van der Waals surface area contributed by atoms with Crippen molar-refractivity contribution in [2.45, 2.75) is 26.8 Å². The van der Waals surface area contributed by atoms with E-state index in [1.807, 2.05) is 50.2 Å². The van der Waals surface area contributed by atoms with Crippen LogP contribution in [0.3, 0.4) is 0 Å². The van der Waals surface area contributed by atoms with E-state index in [1.54, 1.807) is 25.1 Å². The van der Waals surface area contributed by atoms with Gasteiger partial charge in [0.2, 0.25) is 0 Å². The van der Waals surface area contributed by atoms with E-state index < -0.39 is 17.8 Å². The highest BCUT2D eigenvalue weighted by atomic mass is 19.1. The third-order valence-electron chi connectivity index (χ3n) is 5.11. The van der Waals surface area contributed by atoms with Gasteiger partial charge in [-0.05, 0) is 49.6 Å². The van der Waals surface area contributed by atoms with Gasteiger partial charge in [-0.1, -0.05) is 60.7 Å². The summed E-state index contributed by atoms with van der Waals surface area (Å²) in [7, 11) is 0. The molecule has 154 valence electrons. The highest BCUT2D eigenvalue weighted by Crippen LogP contribution is 2.27. The lowest BCUT2D eigenvalue weighted by Gasteiger charge is -2.31. The molecule has 3 rings (SSSR count). The summed E-state index contributed by atoms with van der Waals surface area (Å²) >= 11 is 0. The normalized spacial score (nSPS) is 11.6. The summed E-state index contributed by atoms with van der Waals surface area (Å²) in [4.78, 5) is 28.0. The zero-order chi connectivity index (χ0) is 21.7. The van der Waals surface area contributed by atoms with E-state index in [1.165, 1.54) is 23.1 Å². The maximum absolute atomic E-state index is 14.3. The average Bonchev–Trinajstić information content (AvgIpc) is 2.75. The van der Waals surface area contributed by atoms with Crippen molar-refractivity contribution in [2.24, 2.45) is 0 Å². The van der Waals surface area contributed by atoms with Gasteiger partial charge in [-0.3, -0.25) is 9.59 Å². The van der Waals surface area contributed by atoms with Gasteiger partial charge in [-0.2, -0.15) is 0 Å². The summed E-state index contributed by atoms with van der Waals surface area (Å²) in [5.74, 6) is -1.48. The first kappa shape index (κ1) is 21.2. The van der Waals surface area contributed by atoms with Crippen molar-refractivity contribution in [1.29, 1.82) is 0 Å². The van der Waals surface area contributed by atoms with Crippen LogP contribution in [0, 0.1) is 19.7 Å². The monoisotopic (exact) mass is 404 g/mol. The summed E-state index contributed by atoms with van der Waals surface area (Å²) in [6, 6.07) is 19.8. The van der Waals surface area contributed by atoms with Gasteiger partial charge in [0, 0.05) is 12.2 Å². The third kappa shape index (κ3) is 4.40. The molecule has 0 saturated carbocycles. The van der Waals surface area contributed by atoms with Crippen LogP contribution in [0.15, 0.2) is 72.8 Å². The van der Waals surface area contributed by atoms with Gasteiger partial charge in [-0.15, -0.1) is 0 Å². The summed E-state index contributed by atoms with van der Waals surface area (Å²) in [5.41, 5.74) is 3.18. The Bertz CT molecular complexity index is 1030. The van der Waals surface area contributed by atoms with Crippen molar-refractivity contribution < 1.29 is 14.0 Å². The number of benzene rings is 3. The highest BCUT2D eigenvalue weighted by Gasteiger charge is 2.32. The fourth-order valence-corrected chi connectivity index (χ4v) is 3.54. The first-order valence-electron chi connectivity index (χ1n) is 9.91. The Morgan fingerprint density at radius 3 is 2.10 bits per heavy atom. The minimum Gasteiger partial charge on any atom is -0.323 e. The summed E-state index contributed by atoms with van der Waals surface area (Å²) < 4.78 is 14.3. The van der Waals surface area contributed by atoms with Gasteiger partial charge in [0.05, 0.1) is 5.56 Å². The van der Waals surface area contributed by atoms with Gasteiger partial charge in [-0.25, -0.2) is 4.39 Å². The molecule has 0 saturated heterocycles. The first-order valence-corrected chi connectivity index (χ1v) is 9.91. The van der Waals surface area contributed by atoms with Gasteiger partial charge >= 0.3 is 0 Å². The van der Waals surface area contributed by atoms with Crippen LogP contribution in [0.25, 0.3) is 0 Å². The largest absolute Gasteiger partial charge is 0.323 e. The lowest BCUT2D eigenvalue weighted by atomic mass is 10.0. The molecule has 0 aromatic heterocycles. The number of aryl methyl sites for hydroxylation is 2. The molecule has 0 aliphatic heterocycles. The molecule has 1 N–H and O–H groups in total. The highest BCUT2D eigenvalue weighted by molar-refractivity contribution is 6.02. The minimum atomic E-state index is -0.901. The number of para-hydroxylation sites is 1. The number of amides is 2. The molecule has 4 nitrogen and oxygen atoms in total.